The Hall–Kier alpha value is -1.57. The van der Waals surface area contributed by atoms with Gasteiger partial charge in [0, 0.05) is 10.9 Å². The molecule has 0 spiro atoms. The molecule has 0 aliphatic carbocycles. The van der Waals surface area contributed by atoms with E-state index in [0.717, 1.165) is 22.9 Å². The van der Waals surface area contributed by atoms with Gasteiger partial charge in [0.05, 0.1) is 11.7 Å². The number of rotatable bonds is 2. The number of benzene rings is 1. The van der Waals surface area contributed by atoms with Gasteiger partial charge in [0.1, 0.15) is 5.75 Å². The summed E-state index contributed by atoms with van der Waals surface area (Å²) in [6.07, 6.45) is 2.43. The zero-order chi connectivity index (χ0) is 10.8. The first-order chi connectivity index (χ1) is 7.18. The van der Waals surface area contributed by atoms with Gasteiger partial charge < -0.3 is 5.11 Å². The molecule has 0 fully saturated rings. The first-order valence-electron chi connectivity index (χ1n) is 5.24. The van der Waals surface area contributed by atoms with Gasteiger partial charge in [-0.25, -0.2) is 0 Å². The molecule has 2 heteroatoms. The van der Waals surface area contributed by atoms with E-state index in [-0.39, 0.29) is 0 Å². The van der Waals surface area contributed by atoms with Crippen molar-refractivity contribution >= 4 is 10.9 Å². The summed E-state index contributed by atoms with van der Waals surface area (Å²) in [7, 11) is 0. The Balaban J connectivity index is 2.63. The molecule has 78 valence electrons. The van der Waals surface area contributed by atoms with Crippen molar-refractivity contribution in [3.63, 3.8) is 0 Å². The lowest BCUT2D eigenvalue weighted by Gasteiger charge is -2.10. The summed E-state index contributed by atoms with van der Waals surface area (Å²) in [5.41, 5.74) is 1.96. The molecule has 0 bridgehead atoms. The normalized spacial score (nSPS) is 11.1. The van der Waals surface area contributed by atoms with Crippen molar-refractivity contribution in [1.29, 1.82) is 0 Å². The molecule has 1 aromatic carbocycles. The highest BCUT2D eigenvalue weighted by Crippen LogP contribution is 2.27. The third-order valence-electron chi connectivity index (χ3n) is 2.48. The average Bonchev–Trinajstić information content (AvgIpc) is 2.22. The van der Waals surface area contributed by atoms with Gasteiger partial charge in [-0.2, -0.15) is 0 Å². The Labute approximate surface area is 89.6 Å². The minimum atomic E-state index is 0.308. The molecule has 0 saturated heterocycles. The first-order valence-corrected chi connectivity index (χ1v) is 5.24. The second-order valence-electron chi connectivity index (χ2n) is 4.24. The zero-order valence-corrected chi connectivity index (χ0v) is 9.07. The number of aromatic nitrogens is 1. The van der Waals surface area contributed by atoms with Gasteiger partial charge in [-0.1, -0.05) is 32.0 Å². The number of nitrogens with zero attached hydrogens (tertiary/aromatic N) is 1. The van der Waals surface area contributed by atoms with Crippen molar-refractivity contribution in [2.45, 2.75) is 20.3 Å². The van der Waals surface area contributed by atoms with Crippen LogP contribution in [-0.4, -0.2) is 10.1 Å². The maximum absolute atomic E-state index is 9.79. The van der Waals surface area contributed by atoms with E-state index < -0.39 is 0 Å². The molecule has 0 saturated carbocycles. The van der Waals surface area contributed by atoms with Crippen LogP contribution in [0, 0.1) is 5.92 Å². The second-order valence-corrected chi connectivity index (χ2v) is 4.24. The van der Waals surface area contributed by atoms with Crippen molar-refractivity contribution in [1.82, 2.24) is 4.98 Å². The highest BCUT2D eigenvalue weighted by atomic mass is 16.3. The number of para-hydroxylation sites is 1. The Morgan fingerprint density at radius 3 is 2.73 bits per heavy atom. The Morgan fingerprint density at radius 2 is 2.00 bits per heavy atom. The van der Waals surface area contributed by atoms with Gasteiger partial charge in [-0.15, -0.1) is 0 Å². The van der Waals surface area contributed by atoms with E-state index in [0.29, 0.717) is 11.7 Å². The monoisotopic (exact) mass is 201 g/mol. The van der Waals surface area contributed by atoms with Gasteiger partial charge >= 0.3 is 0 Å². The molecule has 2 rings (SSSR count). The van der Waals surface area contributed by atoms with Crippen molar-refractivity contribution in [2.24, 2.45) is 5.92 Å². The summed E-state index contributed by atoms with van der Waals surface area (Å²) in [5.74, 6) is 0.837. The van der Waals surface area contributed by atoms with Gasteiger partial charge in [0.2, 0.25) is 0 Å². The molecule has 1 N–H and O–H groups in total. The summed E-state index contributed by atoms with van der Waals surface area (Å²) in [6, 6.07) is 7.93. The summed E-state index contributed by atoms with van der Waals surface area (Å²) in [5, 5.41) is 10.9. The number of fused-ring (bicyclic) bond motifs is 1. The maximum atomic E-state index is 9.79. The molecule has 1 heterocycles. The highest BCUT2D eigenvalue weighted by molar-refractivity contribution is 5.83. The van der Waals surface area contributed by atoms with Crippen molar-refractivity contribution < 1.29 is 5.11 Å². The molecule has 0 atom stereocenters. The van der Waals surface area contributed by atoms with Crippen LogP contribution in [0.3, 0.4) is 0 Å². The summed E-state index contributed by atoms with van der Waals surface area (Å²) >= 11 is 0. The van der Waals surface area contributed by atoms with Crippen LogP contribution in [0.15, 0.2) is 30.5 Å². The Kier molecular flexibility index (Phi) is 2.58. The number of hydrogen-bond acceptors (Lipinski definition) is 2. The van der Waals surface area contributed by atoms with Crippen LogP contribution in [0.4, 0.5) is 0 Å². The minimum absolute atomic E-state index is 0.308. The quantitative estimate of drug-likeness (QED) is 0.809. The van der Waals surface area contributed by atoms with Crippen LogP contribution in [0.5, 0.6) is 5.75 Å². The van der Waals surface area contributed by atoms with E-state index in [9.17, 15) is 5.11 Å². The van der Waals surface area contributed by atoms with Crippen LogP contribution < -0.4 is 0 Å². The minimum Gasteiger partial charge on any atom is -0.506 e. The van der Waals surface area contributed by atoms with Crippen molar-refractivity contribution in [3.8, 4) is 5.75 Å². The molecule has 0 aliphatic rings. The third kappa shape index (κ3) is 1.94. The fraction of sp³-hybridized carbons (Fsp3) is 0.308. The SMILES string of the molecule is CC(C)Cc1c(O)cnc2ccccc12. The van der Waals surface area contributed by atoms with Crippen LogP contribution in [0.25, 0.3) is 10.9 Å². The largest absolute Gasteiger partial charge is 0.506 e. The molecule has 0 unspecified atom stereocenters. The van der Waals surface area contributed by atoms with Crippen LogP contribution in [0.1, 0.15) is 19.4 Å². The molecular formula is C13H15NO. The predicted octanol–water partition coefficient (Wildman–Crippen LogP) is 3.14. The standard InChI is InChI=1S/C13H15NO/c1-9(2)7-11-10-5-3-4-6-12(10)14-8-13(11)15/h3-6,8-9,15H,7H2,1-2H3. The maximum Gasteiger partial charge on any atom is 0.137 e. The molecule has 0 radical (unpaired) electrons. The zero-order valence-electron chi connectivity index (χ0n) is 9.07. The van der Waals surface area contributed by atoms with Gasteiger partial charge in [0.15, 0.2) is 0 Å². The molecule has 2 nitrogen and oxygen atoms in total. The lowest BCUT2D eigenvalue weighted by molar-refractivity contribution is 0.461. The molecule has 0 aliphatic heterocycles. The molecule has 15 heavy (non-hydrogen) atoms. The summed E-state index contributed by atoms with van der Waals surface area (Å²) in [6.45, 7) is 4.29. The average molecular weight is 201 g/mol. The fourth-order valence-corrected chi connectivity index (χ4v) is 1.81. The Bertz CT molecular complexity index is 477. The van der Waals surface area contributed by atoms with Crippen molar-refractivity contribution in [3.05, 3.63) is 36.0 Å². The smallest absolute Gasteiger partial charge is 0.137 e. The lowest BCUT2D eigenvalue weighted by Crippen LogP contribution is -1.96. The number of pyridine rings is 1. The number of hydrogen-bond donors (Lipinski definition) is 1. The van der Waals surface area contributed by atoms with E-state index in [2.05, 4.69) is 18.8 Å². The van der Waals surface area contributed by atoms with E-state index in [4.69, 9.17) is 0 Å². The molecule has 1 aromatic heterocycles. The van der Waals surface area contributed by atoms with Gasteiger partial charge in [-0.3, -0.25) is 4.98 Å². The fourth-order valence-electron chi connectivity index (χ4n) is 1.81. The lowest BCUT2D eigenvalue weighted by atomic mass is 9.99. The third-order valence-corrected chi connectivity index (χ3v) is 2.48. The molecule has 2 aromatic rings. The van der Waals surface area contributed by atoms with E-state index in [1.165, 1.54) is 0 Å². The van der Waals surface area contributed by atoms with Crippen LogP contribution in [0.2, 0.25) is 0 Å². The highest BCUT2D eigenvalue weighted by Gasteiger charge is 2.08. The van der Waals surface area contributed by atoms with Gasteiger partial charge in [0.25, 0.3) is 0 Å². The van der Waals surface area contributed by atoms with Crippen LogP contribution in [-0.2, 0) is 6.42 Å². The summed E-state index contributed by atoms with van der Waals surface area (Å²) in [4.78, 5) is 4.20. The van der Waals surface area contributed by atoms with E-state index in [1.54, 1.807) is 6.20 Å². The van der Waals surface area contributed by atoms with Gasteiger partial charge in [-0.05, 0) is 18.4 Å². The predicted molar refractivity (Wildman–Crippen MR) is 61.9 cm³/mol. The number of aromatic hydroxyl groups is 1. The van der Waals surface area contributed by atoms with Crippen molar-refractivity contribution in [2.75, 3.05) is 0 Å². The molecule has 0 amide bonds. The first kappa shape index (κ1) is 9.97. The second kappa shape index (κ2) is 3.89. The summed E-state index contributed by atoms with van der Waals surface area (Å²) < 4.78 is 0. The topological polar surface area (TPSA) is 33.1 Å². The van der Waals surface area contributed by atoms with E-state index in [1.807, 2.05) is 24.3 Å². The Morgan fingerprint density at radius 1 is 1.27 bits per heavy atom. The van der Waals surface area contributed by atoms with Crippen LogP contribution >= 0.6 is 0 Å². The van der Waals surface area contributed by atoms with E-state index >= 15 is 0 Å². The molecular weight excluding hydrogens is 186 g/mol.